The first kappa shape index (κ1) is 9.83. The van der Waals surface area contributed by atoms with Gasteiger partial charge in [0.1, 0.15) is 5.54 Å². The number of fused-ring (bicyclic) bond motifs is 1. The van der Waals surface area contributed by atoms with Gasteiger partial charge in [0.05, 0.1) is 0 Å². The summed E-state index contributed by atoms with van der Waals surface area (Å²) in [5.41, 5.74) is 4.23. The third-order valence-electron chi connectivity index (χ3n) is 3.75. The van der Waals surface area contributed by atoms with Crippen LogP contribution in [-0.4, -0.2) is 22.5 Å². The molecule has 0 radical (unpaired) electrons. The van der Waals surface area contributed by atoms with Crippen molar-refractivity contribution in [3.05, 3.63) is 0 Å². The van der Waals surface area contributed by atoms with Crippen molar-refractivity contribution < 1.29 is 18.7 Å². The van der Waals surface area contributed by atoms with E-state index in [-0.39, 0.29) is 18.8 Å². The predicted octanol–water partition coefficient (Wildman–Crippen LogP) is 1.08. The van der Waals surface area contributed by atoms with Gasteiger partial charge in [-0.2, -0.15) is 0 Å². The van der Waals surface area contributed by atoms with Crippen molar-refractivity contribution in [2.45, 2.75) is 31.2 Å². The van der Waals surface area contributed by atoms with Crippen LogP contribution in [0, 0.1) is 17.8 Å². The van der Waals surface area contributed by atoms with Crippen molar-refractivity contribution >= 4 is 5.97 Å². The van der Waals surface area contributed by atoms with Crippen LogP contribution < -0.4 is 5.73 Å². The molecule has 2 aliphatic rings. The summed E-state index contributed by atoms with van der Waals surface area (Å²) in [4.78, 5) is 10.8. The number of alkyl halides is 2. The Morgan fingerprint density at radius 1 is 1.50 bits per heavy atom. The average Bonchev–Trinajstić information content (AvgIpc) is 2.52. The molecule has 0 aliphatic heterocycles. The number of carboxylic acid groups (broad SMARTS) is 1. The molecule has 3 nitrogen and oxygen atoms in total. The topological polar surface area (TPSA) is 63.3 Å². The lowest BCUT2D eigenvalue weighted by Crippen LogP contribution is -2.51. The quantitative estimate of drug-likeness (QED) is 0.709. The zero-order valence-corrected chi connectivity index (χ0v) is 7.84. The van der Waals surface area contributed by atoms with Crippen molar-refractivity contribution in [1.29, 1.82) is 0 Å². The van der Waals surface area contributed by atoms with Crippen LogP contribution in [0.4, 0.5) is 8.78 Å². The lowest BCUT2D eigenvalue weighted by Gasteiger charge is -2.28. The van der Waals surface area contributed by atoms with Crippen LogP contribution >= 0.6 is 0 Å². The highest BCUT2D eigenvalue weighted by atomic mass is 19.3. The van der Waals surface area contributed by atoms with Crippen LogP contribution in [0.1, 0.15) is 19.8 Å². The molecule has 2 fully saturated rings. The summed E-state index contributed by atoms with van der Waals surface area (Å²) in [5, 5.41) is 8.82. The smallest absolute Gasteiger partial charge is 0.323 e. The fourth-order valence-electron chi connectivity index (χ4n) is 2.48. The first-order valence-electron chi connectivity index (χ1n) is 4.68. The van der Waals surface area contributed by atoms with E-state index in [1.54, 1.807) is 0 Å². The Kier molecular flexibility index (Phi) is 1.72. The van der Waals surface area contributed by atoms with Crippen LogP contribution in [0.2, 0.25) is 0 Å². The minimum atomic E-state index is -2.55. The van der Waals surface area contributed by atoms with Gasteiger partial charge in [-0.25, -0.2) is 8.78 Å². The number of hydrogen-bond donors (Lipinski definition) is 2. The highest BCUT2D eigenvalue weighted by Crippen LogP contribution is 2.66. The molecule has 14 heavy (non-hydrogen) atoms. The Balaban J connectivity index is 2.04. The van der Waals surface area contributed by atoms with E-state index >= 15 is 0 Å². The maximum absolute atomic E-state index is 12.8. The molecule has 80 valence electrons. The lowest BCUT2D eigenvalue weighted by molar-refractivity contribution is -0.145. The fourth-order valence-corrected chi connectivity index (χ4v) is 2.48. The van der Waals surface area contributed by atoms with Crippen molar-refractivity contribution in [3.8, 4) is 0 Å². The van der Waals surface area contributed by atoms with E-state index in [0.29, 0.717) is 0 Å². The fraction of sp³-hybridized carbons (Fsp3) is 0.889. The number of nitrogens with two attached hydrogens (primary N) is 1. The predicted molar refractivity (Wildman–Crippen MR) is 44.9 cm³/mol. The van der Waals surface area contributed by atoms with E-state index in [0.717, 1.165) is 0 Å². The van der Waals surface area contributed by atoms with Gasteiger partial charge in [0.2, 0.25) is 0 Å². The largest absolute Gasteiger partial charge is 0.480 e. The van der Waals surface area contributed by atoms with Gasteiger partial charge in [0.25, 0.3) is 5.92 Å². The van der Waals surface area contributed by atoms with Gasteiger partial charge in [-0.3, -0.25) is 4.79 Å². The first-order chi connectivity index (χ1) is 6.28. The molecule has 0 saturated heterocycles. The van der Waals surface area contributed by atoms with Crippen molar-refractivity contribution in [2.75, 3.05) is 0 Å². The molecule has 0 spiro atoms. The number of carboxylic acids is 1. The van der Waals surface area contributed by atoms with Gasteiger partial charge in [-0.1, -0.05) is 0 Å². The Bertz CT molecular complexity index is 277. The minimum Gasteiger partial charge on any atom is -0.480 e. The zero-order chi connectivity index (χ0) is 10.7. The van der Waals surface area contributed by atoms with Crippen LogP contribution in [0.15, 0.2) is 0 Å². The van der Waals surface area contributed by atoms with Gasteiger partial charge in [0.15, 0.2) is 0 Å². The van der Waals surface area contributed by atoms with E-state index < -0.39 is 29.3 Å². The maximum atomic E-state index is 12.8. The third-order valence-corrected chi connectivity index (χ3v) is 3.75. The van der Waals surface area contributed by atoms with E-state index in [4.69, 9.17) is 10.8 Å². The van der Waals surface area contributed by atoms with E-state index in [1.165, 1.54) is 6.92 Å². The monoisotopic (exact) mass is 205 g/mol. The molecule has 0 bridgehead atoms. The Labute approximate surface area is 80.3 Å². The summed E-state index contributed by atoms with van der Waals surface area (Å²) >= 11 is 0. The highest BCUT2D eigenvalue weighted by Gasteiger charge is 2.73. The Morgan fingerprint density at radius 2 is 1.93 bits per heavy atom. The minimum absolute atomic E-state index is 0.247. The lowest BCUT2D eigenvalue weighted by atomic mass is 9.83. The van der Waals surface area contributed by atoms with E-state index in [2.05, 4.69) is 0 Å². The Morgan fingerprint density at radius 3 is 2.29 bits per heavy atom. The number of halogens is 2. The molecule has 2 saturated carbocycles. The summed E-state index contributed by atoms with van der Waals surface area (Å²) in [6, 6.07) is 0. The number of hydrogen-bond acceptors (Lipinski definition) is 2. The van der Waals surface area contributed by atoms with Gasteiger partial charge < -0.3 is 10.8 Å². The molecule has 3 unspecified atom stereocenters. The number of aliphatic carboxylic acids is 1. The molecule has 0 heterocycles. The summed E-state index contributed by atoms with van der Waals surface area (Å²) < 4.78 is 25.6. The summed E-state index contributed by atoms with van der Waals surface area (Å²) in [7, 11) is 0. The average molecular weight is 205 g/mol. The van der Waals surface area contributed by atoms with Gasteiger partial charge in [-0.05, 0) is 25.7 Å². The molecule has 0 aromatic heterocycles. The molecule has 0 aromatic carbocycles. The van der Waals surface area contributed by atoms with Crippen molar-refractivity contribution in [2.24, 2.45) is 23.5 Å². The first-order valence-corrected chi connectivity index (χ1v) is 4.68. The van der Waals surface area contributed by atoms with Crippen LogP contribution in [0.25, 0.3) is 0 Å². The van der Waals surface area contributed by atoms with Crippen LogP contribution in [-0.2, 0) is 4.79 Å². The SMILES string of the molecule is CC(N)(C(=O)O)C1CC2C(C1)C2(F)F. The molecule has 5 heteroatoms. The van der Waals surface area contributed by atoms with Gasteiger partial charge in [0, 0.05) is 11.8 Å². The molecule has 2 aliphatic carbocycles. The molecular weight excluding hydrogens is 192 g/mol. The summed E-state index contributed by atoms with van der Waals surface area (Å²) in [6.07, 6.45) is 0.494. The molecule has 0 amide bonds. The summed E-state index contributed by atoms with van der Waals surface area (Å²) in [5.74, 6) is -5.20. The molecule has 3 atom stereocenters. The molecular formula is C9H13F2NO2. The van der Waals surface area contributed by atoms with Crippen molar-refractivity contribution in [1.82, 2.24) is 0 Å². The second kappa shape index (κ2) is 2.45. The zero-order valence-electron chi connectivity index (χ0n) is 7.84. The standard InChI is InChI=1S/C9H13F2NO2/c1-8(12,7(13)14)4-2-5-6(3-4)9(5,10)11/h4-6H,2-3,12H2,1H3,(H,13,14). The van der Waals surface area contributed by atoms with Crippen molar-refractivity contribution in [3.63, 3.8) is 0 Å². The normalized spacial score (nSPS) is 42.7. The molecule has 0 aromatic rings. The second-order valence-corrected chi connectivity index (χ2v) is 4.64. The molecule has 3 N–H and O–H groups in total. The van der Waals surface area contributed by atoms with Gasteiger partial charge >= 0.3 is 5.97 Å². The molecule has 2 rings (SSSR count). The van der Waals surface area contributed by atoms with Crippen LogP contribution in [0.5, 0.6) is 0 Å². The van der Waals surface area contributed by atoms with E-state index in [9.17, 15) is 13.6 Å². The number of carbonyl (C=O) groups is 1. The van der Waals surface area contributed by atoms with Crippen LogP contribution in [0.3, 0.4) is 0 Å². The summed E-state index contributed by atoms with van der Waals surface area (Å²) in [6.45, 7) is 1.41. The highest BCUT2D eigenvalue weighted by molar-refractivity contribution is 5.78. The Hall–Kier alpha value is -0.710. The maximum Gasteiger partial charge on any atom is 0.323 e. The number of rotatable bonds is 2. The van der Waals surface area contributed by atoms with Gasteiger partial charge in [-0.15, -0.1) is 0 Å². The third kappa shape index (κ3) is 1.08. The second-order valence-electron chi connectivity index (χ2n) is 4.64. The van der Waals surface area contributed by atoms with E-state index in [1.807, 2.05) is 0 Å².